The first-order chi connectivity index (χ1) is 13.5. The predicted molar refractivity (Wildman–Crippen MR) is 111 cm³/mol. The van der Waals surface area contributed by atoms with Gasteiger partial charge in [0.15, 0.2) is 0 Å². The van der Waals surface area contributed by atoms with E-state index in [4.69, 9.17) is 21.3 Å². The largest absolute Gasteiger partial charge is 0.450 e. The van der Waals surface area contributed by atoms with Gasteiger partial charge in [-0.15, -0.1) is 0 Å². The molecule has 0 spiro atoms. The molecule has 28 heavy (non-hydrogen) atoms. The van der Waals surface area contributed by atoms with Gasteiger partial charge < -0.3 is 9.64 Å². The van der Waals surface area contributed by atoms with E-state index >= 15 is 0 Å². The zero-order valence-corrected chi connectivity index (χ0v) is 17.1. The summed E-state index contributed by atoms with van der Waals surface area (Å²) < 4.78 is 5.16. The zero-order chi connectivity index (χ0) is 19.7. The van der Waals surface area contributed by atoms with Crippen LogP contribution in [0.2, 0.25) is 5.02 Å². The molecular formula is C23H25ClN2O2. The van der Waals surface area contributed by atoms with Crippen molar-refractivity contribution in [1.82, 2.24) is 9.88 Å². The molecule has 5 heteroatoms. The highest BCUT2D eigenvalue weighted by atomic mass is 35.5. The van der Waals surface area contributed by atoms with E-state index in [1.807, 2.05) is 25.3 Å². The zero-order valence-electron chi connectivity index (χ0n) is 16.4. The fourth-order valence-corrected chi connectivity index (χ4v) is 4.77. The number of amides is 1. The Morgan fingerprint density at radius 2 is 2.07 bits per heavy atom. The molecule has 0 saturated heterocycles. The van der Waals surface area contributed by atoms with Gasteiger partial charge in [0.1, 0.15) is 0 Å². The lowest BCUT2D eigenvalue weighted by atomic mass is 9.69. The van der Waals surface area contributed by atoms with E-state index in [0.717, 1.165) is 30.0 Å². The number of hydrogen-bond donors (Lipinski definition) is 0. The monoisotopic (exact) mass is 396 g/mol. The van der Waals surface area contributed by atoms with Crippen LogP contribution in [0.15, 0.2) is 48.2 Å². The van der Waals surface area contributed by atoms with Gasteiger partial charge in [0.05, 0.1) is 17.7 Å². The number of carbonyl (C=O) groups excluding carboxylic acids is 1. The van der Waals surface area contributed by atoms with Crippen molar-refractivity contribution in [2.45, 2.75) is 38.5 Å². The quantitative estimate of drug-likeness (QED) is 0.676. The Labute approximate surface area is 171 Å². The van der Waals surface area contributed by atoms with Gasteiger partial charge in [0.2, 0.25) is 0 Å². The van der Waals surface area contributed by atoms with Crippen molar-refractivity contribution < 1.29 is 9.53 Å². The fraction of sp³-hybridized carbons (Fsp3) is 0.391. The van der Waals surface area contributed by atoms with Crippen molar-refractivity contribution in [2.75, 3.05) is 19.7 Å². The van der Waals surface area contributed by atoms with E-state index in [1.54, 1.807) is 4.90 Å². The Bertz CT molecular complexity index is 940. The first-order valence-electron chi connectivity index (χ1n) is 9.88. The highest BCUT2D eigenvalue weighted by Crippen LogP contribution is 2.45. The summed E-state index contributed by atoms with van der Waals surface area (Å²) in [5, 5.41) is 0.770. The van der Waals surface area contributed by atoms with Gasteiger partial charge in [-0.25, -0.2) is 4.79 Å². The van der Waals surface area contributed by atoms with Crippen molar-refractivity contribution in [3.8, 4) is 0 Å². The molecular weight excluding hydrogens is 372 g/mol. The van der Waals surface area contributed by atoms with Crippen LogP contribution in [0.4, 0.5) is 4.79 Å². The SMILES string of the molecule is CCOC(=O)N1CC=C(C2(C)c3ccc(Cl)cc3CCc3cccnc32)CC1. The summed E-state index contributed by atoms with van der Waals surface area (Å²) >= 11 is 6.32. The minimum absolute atomic E-state index is 0.241. The minimum Gasteiger partial charge on any atom is -0.450 e. The molecule has 0 bridgehead atoms. The number of aryl methyl sites for hydroxylation is 2. The number of pyridine rings is 1. The number of aromatic nitrogens is 1. The Morgan fingerprint density at radius 3 is 2.82 bits per heavy atom. The first-order valence-corrected chi connectivity index (χ1v) is 10.3. The molecule has 0 saturated carbocycles. The summed E-state index contributed by atoms with van der Waals surface area (Å²) in [4.78, 5) is 18.7. The Kier molecular flexibility index (Phi) is 5.15. The second kappa shape index (κ2) is 7.59. The standard InChI is InChI=1S/C23H25ClN2O2/c1-3-28-22(27)26-13-10-18(11-14-26)23(2)20-9-8-19(24)15-17(20)7-6-16-5-4-12-25-21(16)23/h4-5,8-10,12,15H,3,6-7,11,13-14H2,1-2H3. The lowest BCUT2D eigenvalue weighted by Crippen LogP contribution is -2.39. The molecule has 1 aliphatic heterocycles. The maximum Gasteiger partial charge on any atom is 0.410 e. The lowest BCUT2D eigenvalue weighted by molar-refractivity contribution is 0.109. The van der Waals surface area contributed by atoms with E-state index in [0.29, 0.717) is 19.7 Å². The predicted octanol–water partition coefficient (Wildman–Crippen LogP) is 4.93. The van der Waals surface area contributed by atoms with Crippen LogP contribution in [0.5, 0.6) is 0 Å². The van der Waals surface area contributed by atoms with E-state index < -0.39 is 0 Å². The number of ether oxygens (including phenoxy) is 1. The molecule has 1 atom stereocenters. The van der Waals surface area contributed by atoms with Crippen LogP contribution in [0.3, 0.4) is 0 Å². The fourth-order valence-electron chi connectivity index (χ4n) is 4.57. The van der Waals surface area contributed by atoms with Crippen molar-refractivity contribution >= 4 is 17.7 Å². The molecule has 1 aromatic heterocycles. The van der Waals surface area contributed by atoms with Crippen LogP contribution in [0.25, 0.3) is 0 Å². The van der Waals surface area contributed by atoms with Crippen LogP contribution in [0, 0.1) is 0 Å². The highest BCUT2D eigenvalue weighted by molar-refractivity contribution is 6.30. The summed E-state index contributed by atoms with van der Waals surface area (Å²) in [5.41, 5.74) is 5.93. The van der Waals surface area contributed by atoms with Gasteiger partial charge in [-0.2, -0.15) is 0 Å². The molecule has 2 heterocycles. The van der Waals surface area contributed by atoms with Gasteiger partial charge in [-0.1, -0.05) is 35.4 Å². The summed E-state index contributed by atoms with van der Waals surface area (Å²) in [6.07, 6.45) is 6.53. The molecule has 2 aliphatic rings. The first kappa shape index (κ1) is 19.0. The molecule has 1 aromatic carbocycles. The van der Waals surface area contributed by atoms with Crippen molar-refractivity contribution in [3.05, 3.63) is 75.6 Å². The van der Waals surface area contributed by atoms with E-state index in [1.165, 1.54) is 22.3 Å². The third-order valence-electron chi connectivity index (χ3n) is 6.01. The van der Waals surface area contributed by atoms with E-state index in [-0.39, 0.29) is 11.5 Å². The molecule has 1 amide bonds. The van der Waals surface area contributed by atoms with Crippen LogP contribution >= 0.6 is 11.6 Å². The highest BCUT2D eigenvalue weighted by Gasteiger charge is 2.40. The molecule has 4 nitrogen and oxygen atoms in total. The van der Waals surface area contributed by atoms with Gasteiger partial charge in [0.25, 0.3) is 0 Å². The number of halogens is 1. The third-order valence-corrected chi connectivity index (χ3v) is 6.25. The molecule has 146 valence electrons. The average Bonchev–Trinajstić information content (AvgIpc) is 2.84. The van der Waals surface area contributed by atoms with Gasteiger partial charge in [-0.05, 0) is 68.0 Å². The molecule has 0 N–H and O–H groups in total. The van der Waals surface area contributed by atoms with Crippen LogP contribution in [0.1, 0.15) is 42.7 Å². The average molecular weight is 397 g/mol. The third kappa shape index (κ3) is 3.20. The number of fused-ring (bicyclic) bond motifs is 2. The molecule has 1 aliphatic carbocycles. The Hall–Kier alpha value is -2.33. The van der Waals surface area contributed by atoms with Crippen LogP contribution in [-0.4, -0.2) is 35.7 Å². The van der Waals surface area contributed by atoms with Crippen LogP contribution < -0.4 is 0 Å². The summed E-state index contributed by atoms with van der Waals surface area (Å²) in [5.74, 6) is 0. The van der Waals surface area contributed by atoms with E-state index in [2.05, 4.69) is 31.2 Å². The second-order valence-corrected chi connectivity index (χ2v) is 8.00. The Morgan fingerprint density at radius 1 is 1.25 bits per heavy atom. The normalized spacial score (nSPS) is 21.2. The second-order valence-electron chi connectivity index (χ2n) is 7.56. The summed E-state index contributed by atoms with van der Waals surface area (Å²) in [6.45, 7) is 5.72. The Balaban J connectivity index is 1.80. The number of nitrogens with zero attached hydrogens (tertiary/aromatic N) is 2. The molecule has 0 fully saturated rings. The smallest absolute Gasteiger partial charge is 0.410 e. The summed E-state index contributed by atoms with van der Waals surface area (Å²) in [7, 11) is 0. The van der Waals surface area contributed by atoms with Gasteiger partial charge >= 0.3 is 6.09 Å². The van der Waals surface area contributed by atoms with Gasteiger partial charge in [-0.3, -0.25) is 4.98 Å². The number of rotatable bonds is 2. The molecule has 2 aromatic rings. The van der Waals surface area contributed by atoms with Crippen LogP contribution in [-0.2, 0) is 23.0 Å². The maximum atomic E-state index is 12.1. The number of benzene rings is 1. The molecule has 1 unspecified atom stereocenters. The van der Waals surface area contributed by atoms with Crippen molar-refractivity contribution in [3.63, 3.8) is 0 Å². The lowest BCUT2D eigenvalue weighted by Gasteiger charge is -2.38. The number of hydrogen-bond acceptors (Lipinski definition) is 3. The van der Waals surface area contributed by atoms with Crippen molar-refractivity contribution in [2.24, 2.45) is 0 Å². The van der Waals surface area contributed by atoms with E-state index in [9.17, 15) is 4.79 Å². The number of carbonyl (C=O) groups is 1. The van der Waals surface area contributed by atoms with Crippen molar-refractivity contribution in [1.29, 1.82) is 0 Å². The molecule has 0 radical (unpaired) electrons. The summed E-state index contributed by atoms with van der Waals surface area (Å²) in [6, 6.07) is 10.4. The van der Waals surface area contributed by atoms with Gasteiger partial charge in [0, 0.05) is 24.3 Å². The maximum absolute atomic E-state index is 12.1. The molecule has 4 rings (SSSR count). The minimum atomic E-state index is -0.326. The topological polar surface area (TPSA) is 42.4 Å².